The molecule has 2 aromatic carbocycles. The first-order valence-corrected chi connectivity index (χ1v) is 11.7. The fourth-order valence-electron chi connectivity index (χ4n) is 3.26. The van der Waals surface area contributed by atoms with Crippen LogP contribution in [0.2, 0.25) is 0 Å². The summed E-state index contributed by atoms with van der Waals surface area (Å²) in [5.74, 6) is -2.71. The zero-order valence-corrected chi connectivity index (χ0v) is 18.0. The molecule has 1 saturated carbocycles. The molecule has 1 N–H and O–H groups in total. The third kappa shape index (κ3) is 6.49. The van der Waals surface area contributed by atoms with Gasteiger partial charge < -0.3 is 4.90 Å². The molecule has 0 aliphatic heterocycles. The van der Waals surface area contributed by atoms with Crippen molar-refractivity contribution >= 4 is 33.6 Å². The summed E-state index contributed by atoms with van der Waals surface area (Å²) >= 11 is 0. The maximum atomic E-state index is 13.3. The summed E-state index contributed by atoms with van der Waals surface area (Å²) < 4.78 is 40.1. The molecule has 0 radical (unpaired) electrons. The van der Waals surface area contributed by atoms with Gasteiger partial charge in [0.2, 0.25) is 11.8 Å². The number of nitrogens with one attached hydrogen (secondary N) is 1. The first kappa shape index (κ1) is 22.7. The van der Waals surface area contributed by atoms with E-state index in [1.165, 1.54) is 35.2 Å². The van der Waals surface area contributed by atoms with Crippen LogP contribution in [0.1, 0.15) is 31.7 Å². The minimum Gasteiger partial charge on any atom is -0.312 e. The molecule has 31 heavy (non-hydrogen) atoms. The Morgan fingerprint density at radius 1 is 1.13 bits per heavy atom. The summed E-state index contributed by atoms with van der Waals surface area (Å²) in [6.07, 6.45) is 3.46. The zero-order valence-electron chi connectivity index (χ0n) is 17.2. The van der Waals surface area contributed by atoms with Crippen molar-refractivity contribution in [1.29, 1.82) is 0 Å². The van der Waals surface area contributed by atoms with Gasteiger partial charge in [0, 0.05) is 12.2 Å². The van der Waals surface area contributed by atoms with Crippen LogP contribution in [0.3, 0.4) is 0 Å². The maximum absolute atomic E-state index is 13.3. The molecule has 0 heterocycles. The quantitative estimate of drug-likeness (QED) is 0.598. The first-order chi connectivity index (χ1) is 14.8. The zero-order chi connectivity index (χ0) is 22.4. The Balaban J connectivity index is 1.77. The number of carbonyl (C=O) groups excluding carboxylic acids is 2. The van der Waals surface area contributed by atoms with Crippen molar-refractivity contribution in [2.75, 3.05) is 11.4 Å². The van der Waals surface area contributed by atoms with Crippen LogP contribution in [0.4, 0.5) is 10.1 Å². The summed E-state index contributed by atoms with van der Waals surface area (Å²) in [5.41, 5.74) is 1.12. The van der Waals surface area contributed by atoms with Gasteiger partial charge in [-0.25, -0.2) is 17.5 Å². The molecular formula is C23H25FN2O4S. The molecule has 2 aromatic rings. The Hall–Kier alpha value is -3.00. The largest absolute Gasteiger partial charge is 0.312 e. The van der Waals surface area contributed by atoms with E-state index in [0.717, 1.165) is 18.2 Å². The van der Waals surface area contributed by atoms with Crippen molar-refractivity contribution in [2.45, 2.75) is 26.2 Å². The maximum Gasteiger partial charge on any atom is 0.257 e. The van der Waals surface area contributed by atoms with Crippen molar-refractivity contribution < 1.29 is 22.4 Å². The molecule has 1 fully saturated rings. The van der Waals surface area contributed by atoms with E-state index < -0.39 is 33.6 Å². The van der Waals surface area contributed by atoms with Crippen molar-refractivity contribution in [3.63, 3.8) is 0 Å². The van der Waals surface area contributed by atoms with Gasteiger partial charge in [-0.1, -0.05) is 43.2 Å². The predicted molar refractivity (Wildman–Crippen MR) is 118 cm³/mol. The van der Waals surface area contributed by atoms with Crippen LogP contribution in [-0.4, -0.2) is 26.8 Å². The minimum absolute atomic E-state index is 0.217. The molecule has 0 saturated heterocycles. The van der Waals surface area contributed by atoms with Gasteiger partial charge in [-0.2, -0.15) is 0 Å². The van der Waals surface area contributed by atoms with Gasteiger partial charge in [0.25, 0.3) is 10.0 Å². The van der Waals surface area contributed by atoms with Crippen LogP contribution in [0.25, 0.3) is 6.08 Å². The van der Waals surface area contributed by atoms with E-state index in [1.54, 1.807) is 31.2 Å². The van der Waals surface area contributed by atoms with Crippen LogP contribution in [0.5, 0.6) is 0 Å². The molecule has 0 spiro atoms. The first-order valence-electron chi connectivity index (χ1n) is 10.2. The summed E-state index contributed by atoms with van der Waals surface area (Å²) in [4.78, 5) is 27.4. The van der Waals surface area contributed by atoms with E-state index in [9.17, 15) is 22.4 Å². The van der Waals surface area contributed by atoms with E-state index in [2.05, 4.69) is 0 Å². The average molecular weight is 445 g/mol. The average Bonchev–Trinajstić information content (AvgIpc) is 3.57. The van der Waals surface area contributed by atoms with E-state index in [0.29, 0.717) is 11.3 Å². The van der Waals surface area contributed by atoms with Crippen LogP contribution >= 0.6 is 0 Å². The topological polar surface area (TPSA) is 83.6 Å². The summed E-state index contributed by atoms with van der Waals surface area (Å²) in [7, 11) is -4.08. The second kappa shape index (κ2) is 9.87. The van der Waals surface area contributed by atoms with Gasteiger partial charge in [0.05, 0.1) is 5.41 Å². The summed E-state index contributed by atoms with van der Waals surface area (Å²) in [5, 5.41) is 0.913. The van der Waals surface area contributed by atoms with E-state index in [1.807, 2.05) is 10.8 Å². The molecule has 3 rings (SSSR count). The van der Waals surface area contributed by atoms with E-state index in [-0.39, 0.29) is 18.9 Å². The lowest BCUT2D eigenvalue weighted by atomic mass is 9.99. The van der Waals surface area contributed by atoms with Crippen LogP contribution in [-0.2, 0) is 19.6 Å². The number of hydrogen-bond acceptors (Lipinski definition) is 4. The highest BCUT2D eigenvalue weighted by Gasteiger charge is 2.37. The Morgan fingerprint density at radius 3 is 2.35 bits per heavy atom. The fraction of sp³-hybridized carbons (Fsp3) is 0.304. The number of hydrogen-bond donors (Lipinski definition) is 1. The molecule has 164 valence electrons. The van der Waals surface area contributed by atoms with Gasteiger partial charge in [-0.15, -0.1) is 0 Å². The molecular weight excluding hydrogens is 419 g/mol. The highest BCUT2D eigenvalue weighted by atomic mass is 32.2. The number of benzene rings is 2. The third-order valence-corrected chi connectivity index (χ3v) is 6.06. The number of halogens is 1. The molecule has 6 nitrogen and oxygen atoms in total. The predicted octanol–water partition coefficient (Wildman–Crippen LogP) is 3.71. The smallest absolute Gasteiger partial charge is 0.257 e. The lowest BCUT2D eigenvalue weighted by Crippen LogP contribution is -2.45. The van der Waals surface area contributed by atoms with Gasteiger partial charge >= 0.3 is 0 Å². The molecule has 1 unspecified atom stereocenters. The van der Waals surface area contributed by atoms with Crippen LogP contribution in [0.15, 0.2) is 60.0 Å². The number of amides is 2. The lowest BCUT2D eigenvalue weighted by molar-refractivity contribution is -0.133. The Labute approximate surface area is 181 Å². The van der Waals surface area contributed by atoms with Crippen molar-refractivity contribution in [1.82, 2.24) is 4.72 Å². The Bertz CT molecular complexity index is 1050. The normalized spacial score (nSPS) is 14.9. The monoisotopic (exact) mass is 444 g/mol. The summed E-state index contributed by atoms with van der Waals surface area (Å²) in [6.45, 7) is 2.01. The third-order valence-electron chi connectivity index (χ3n) is 5.08. The van der Waals surface area contributed by atoms with E-state index >= 15 is 0 Å². The van der Waals surface area contributed by atoms with Crippen molar-refractivity contribution in [2.24, 2.45) is 11.8 Å². The second-order valence-electron chi connectivity index (χ2n) is 7.52. The molecule has 0 bridgehead atoms. The summed E-state index contributed by atoms with van der Waals surface area (Å²) in [6, 6.07) is 14.2. The molecule has 2 amide bonds. The second-order valence-corrected chi connectivity index (χ2v) is 9.08. The van der Waals surface area contributed by atoms with Crippen molar-refractivity contribution in [3.8, 4) is 0 Å². The van der Waals surface area contributed by atoms with Gasteiger partial charge in [0.1, 0.15) is 11.7 Å². The molecule has 0 aromatic heterocycles. The SMILES string of the molecule is CCN(C(=O)C(CC1CC1)C(=O)NS(=O)(=O)C=Cc1ccccc1)c1ccc(F)cc1. The number of nitrogens with zero attached hydrogens (tertiary/aromatic N) is 1. The standard InChI is InChI=1S/C23H25FN2O4S/c1-2-26(20-12-10-19(24)11-13-20)23(28)21(16-18-8-9-18)22(27)25-31(29,30)15-14-17-6-4-3-5-7-17/h3-7,10-15,18,21H,2,8-9,16H2,1H3,(H,25,27). The Morgan fingerprint density at radius 2 is 1.77 bits per heavy atom. The fourth-order valence-corrected chi connectivity index (χ4v) is 4.09. The van der Waals surface area contributed by atoms with Gasteiger partial charge in [-0.3, -0.25) is 9.59 Å². The lowest BCUT2D eigenvalue weighted by Gasteiger charge is -2.26. The highest BCUT2D eigenvalue weighted by molar-refractivity contribution is 7.93. The number of anilines is 1. The van der Waals surface area contributed by atoms with Gasteiger partial charge in [0.15, 0.2) is 0 Å². The molecule has 1 aliphatic rings. The van der Waals surface area contributed by atoms with E-state index in [4.69, 9.17) is 0 Å². The molecule has 1 aliphatic carbocycles. The number of carbonyl (C=O) groups is 2. The molecule has 8 heteroatoms. The minimum atomic E-state index is -4.08. The highest BCUT2D eigenvalue weighted by Crippen LogP contribution is 2.36. The molecule has 1 atom stereocenters. The number of sulfonamides is 1. The van der Waals surface area contributed by atoms with Crippen molar-refractivity contribution in [3.05, 3.63) is 71.4 Å². The number of rotatable bonds is 9. The van der Waals surface area contributed by atoms with Crippen LogP contribution in [0, 0.1) is 17.7 Å². The van der Waals surface area contributed by atoms with Gasteiger partial charge in [-0.05, 0) is 55.2 Å². The Kier molecular flexibility index (Phi) is 7.22. The van der Waals surface area contributed by atoms with Crippen LogP contribution < -0.4 is 9.62 Å².